The third kappa shape index (κ3) is 5.42. The number of thiophene rings is 1. The minimum atomic E-state index is -0.699. The Morgan fingerprint density at radius 2 is 2.44 bits per heavy atom. The van der Waals surface area contributed by atoms with E-state index >= 15 is 0 Å². The predicted molar refractivity (Wildman–Crippen MR) is 70.2 cm³/mol. The molecule has 0 saturated heterocycles. The molecule has 1 aromatic rings. The fraction of sp³-hybridized carbons (Fsp3) is 0.417. The zero-order valence-corrected chi connectivity index (χ0v) is 10.9. The van der Waals surface area contributed by atoms with Gasteiger partial charge >= 0.3 is 0 Å². The summed E-state index contributed by atoms with van der Waals surface area (Å²) < 4.78 is 4.74. The highest BCUT2D eigenvalue weighted by molar-refractivity contribution is 7.11. The van der Waals surface area contributed by atoms with Gasteiger partial charge in [-0.25, -0.2) is 0 Å². The molecule has 1 aromatic heterocycles. The summed E-state index contributed by atoms with van der Waals surface area (Å²) in [7, 11) is 1.49. The van der Waals surface area contributed by atoms with E-state index in [2.05, 4.69) is 5.32 Å². The van der Waals surface area contributed by atoms with Gasteiger partial charge in [-0.1, -0.05) is 0 Å². The molecule has 1 heterocycles. The molecule has 0 aliphatic rings. The van der Waals surface area contributed by atoms with Gasteiger partial charge in [-0.2, -0.15) is 0 Å². The number of hydrogen-bond acceptors (Lipinski definition) is 5. The summed E-state index contributed by atoms with van der Waals surface area (Å²) in [5.41, 5.74) is 0.829. The van der Waals surface area contributed by atoms with Gasteiger partial charge in [0.05, 0.1) is 19.3 Å². The van der Waals surface area contributed by atoms with Gasteiger partial charge in [0.15, 0.2) is 0 Å². The van der Waals surface area contributed by atoms with Gasteiger partial charge < -0.3 is 20.3 Å². The standard InChI is InChI=1S/C12H17NO4S/c1-17-7-10(15)5-13-12(16)3-2-11-4-9(6-14)8-18-11/h2-4,8,10,14-15H,5-7H2,1H3,(H,13,16). The summed E-state index contributed by atoms with van der Waals surface area (Å²) in [6.07, 6.45) is 2.36. The van der Waals surface area contributed by atoms with E-state index in [1.54, 1.807) is 6.08 Å². The van der Waals surface area contributed by atoms with Gasteiger partial charge in [-0.3, -0.25) is 4.79 Å². The van der Waals surface area contributed by atoms with Crippen molar-refractivity contribution in [3.05, 3.63) is 28.0 Å². The molecule has 0 saturated carbocycles. The Morgan fingerprint density at radius 1 is 1.67 bits per heavy atom. The van der Waals surface area contributed by atoms with Crippen molar-refractivity contribution in [2.24, 2.45) is 0 Å². The monoisotopic (exact) mass is 271 g/mol. The van der Waals surface area contributed by atoms with Crippen molar-refractivity contribution >= 4 is 23.3 Å². The van der Waals surface area contributed by atoms with Crippen molar-refractivity contribution in [2.75, 3.05) is 20.3 Å². The first-order chi connectivity index (χ1) is 8.65. The van der Waals surface area contributed by atoms with Crippen LogP contribution < -0.4 is 5.32 Å². The summed E-state index contributed by atoms with van der Waals surface area (Å²) >= 11 is 1.45. The summed E-state index contributed by atoms with van der Waals surface area (Å²) in [5, 5.41) is 22.6. The molecule has 0 aliphatic carbocycles. The molecule has 1 unspecified atom stereocenters. The maximum absolute atomic E-state index is 11.4. The van der Waals surface area contributed by atoms with E-state index in [-0.39, 0.29) is 25.7 Å². The number of ether oxygens (including phenoxy) is 1. The largest absolute Gasteiger partial charge is 0.392 e. The normalized spacial score (nSPS) is 12.8. The molecule has 5 nitrogen and oxygen atoms in total. The first-order valence-corrected chi connectivity index (χ1v) is 6.35. The molecule has 1 atom stereocenters. The molecule has 3 N–H and O–H groups in total. The number of aliphatic hydroxyl groups is 2. The van der Waals surface area contributed by atoms with Crippen molar-refractivity contribution in [1.82, 2.24) is 5.32 Å². The van der Waals surface area contributed by atoms with E-state index in [9.17, 15) is 9.90 Å². The van der Waals surface area contributed by atoms with Crippen LogP contribution in [0, 0.1) is 0 Å². The first kappa shape index (κ1) is 14.8. The average molecular weight is 271 g/mol. The zero-order chi connectivity index (χ0) is 13.4. The highest BCUT2D eigenvalue weighted by atomic mass is 32.1. The van der Waals surface area contributed by atoms with Crippen LogP contribution in [-0.4, -0.2) is 42.5 Å². The topological polar surface area (TPSA) is 78.8 Å². The Bertz CT molecular complexity index is 403. The van der Waals surface area contributed by atoms with Crippen LogP contribution in [0.5, 0.6) is 0 Å². The number of rotatable bonds is 7. The Labute approximate surface area is 110 Å². The van der Waals surface area contributed by atoms with Crippen molar-refractivity contribution in [1.29, 1.82) is 0 Å². The van der Waals surface area contributed by atoms with Crippen molar-refractivity contribution in [3.8, 4) is 0 Å². The van der Waals surface area contributed by atoms with Gasteiger partial charge in [0, 0.05) is 24.6 Å². The van der Waals surface area contributed by atoms with Gasteiger partial charge in [0.25, 0.3) is 0 Å². The first-order valence-electron chi connectivity index (χ1n) is 5.47. The number of hydrogen-bond donors (Lipinski definition) is 3. The molecular formula is C12H17NO4S. The van der Waals surface area contributed by atoms with Crippen LogP contribution in [0.15, 0.2) is 17.5 Å². The Balaban J connectivity index is 2.35. The van der Waals surface area contributed by atoms with Crippen LogP contribution in [0.3, 0.4) is 0 Å². The SMILES string of the molecule is COCC(O)CNC(=O)C=Cc1cc(CO)cs1. The van der Waals surface area contributed by atoms with E-state index in [1.807, 2.05) is 11.4 Å². The number of amides is 1. The fourth-order valence-corrected chi connectivity index (χ4v) is 2.05. The van der Waals surface area contributed by atoms with E-state index in [0.29, 0.717) is 0 Å². The summed E-state index contributed by atoms with van der Waals surface area (Å²) in [6, 6.07) is 1.81. The molecule has 6 heteroatoms. The number of methoxy groups -OCH3 is 1. The molecule has 0 fully saturated rings. The second-order valence-corrected chi connectivity index (χ2v) is 4.65. The molecule has 1 amide bonds. The molecule has 18 heavy (non-hydrogen) atoms. The number of nitrogens with one attached hydrogen (secondary N) is 1. The van der Waals surface area contributed by atoms with Gasteiger partial charge in [0.2, 0.25) is 5.91 Å². The molecule has 0 bridgehead atoms. The summed E-state index contributed by atoms with van der Waals surface area (Å²) in [6.45, 7) is 0.345. The molecule has 100 valence electrons. The lowest BCUT2D eigenvalue weighted by atomic mass is 10.3. The van der Waals surface area contributed by atoms with Crippen LogP contribution >= 0.6 is 11.3 Å². The fourth-order valence-electron chi connectivity index (χ4n) is 1.25. The maximum atomic E-state index is 11.4. The third-order valence-electron chi connectivity index (χ3n) is 2.13. The number of carbonyl (C=O) groups is 1. The van der Waals surface area contributed by atoms with Crippen molar-refractivity contribution < 1.29 is 19.7 Å². The summed E-state index contributed by atoms with van der Waals surface area (Å²) in [4.78, 5) is 12.3. The smallest absolute Gasteiger partial charge is 0.244 e. The minimum Gasteiger partial charge on any atom is -0.392 e. The van der Waals surface area contributed by atoms with Gasteiger partial charge in [0.1, 0.15) is 0 Å². The van der Waals surface area contributed by atoms with E-state index < -0.39 is 6.10 Å². The predicted octanol–water partition coefficient (Wildman–Crippen LogP) is 0.377. The van der Waals surface area contributed by atoms with E-state index in [1.165, 1.54) is 24.5 Å². The second kappa shape index (κ2) is 7.99. The van der Waals surface area contributed by atoms with Gasteiger partial charge in [-0.05, 0) is 23.1 Å². The molecular weight excluding hydrogens is 254 g/mol. The van der Waals surface area contributed by atoms with Crippen LogP contribution in [0.4, 0.5) is 0 Å². The van der Waals surface area contributed by atoms with Crippen LogP contribution in [0.2, 0.25) is 0 Å². The van der Waals surface area contributed by atoms with Crippen LogP contribution in [0.1, 0.15) is 10.4 Å². The molecule has 1 rings (SSSR count). The molecule has 0 radical (unpaired) electrons. The molecule has 0 aliphatic heterocycles. The zero-order valence-electron chi connectivity index (χ0n) is 10.1. The highest BCUT2D eigenvalue weighted by Gasteiger charge is 2.04. The van der Waals surface area contributed by atoms with Gasteiger partial charge in [-0.15, -0.1) is 11.3 Å². The number of carbonyl (C=O) groups excluding carboxylic acids is 1. The Morgan fingerprint density at radius 3 is 3.06 bits per heavy atom. The minimum absolute atomic E-state index is 0.000251. The quantitative estimate of drug-likeness (QED) is 0.626. The Hall–Kier alpha value is -1.21. The lowest BCUT2D eigenvalue weighted by molar-refractivity contribution is -0.117. The molecule has 0 aromatic carbocycles. The highest BCUT2D eigenvalue weighted by Crippen LogP contribution is 2.15. The van der Waals surface area contributed by atoms with Crippen molar-refractivity contribution in [3.63, 3.8) is 0 Å². The lowest BCUT2D eigenvalue weighted by Crippen LogP contribution is -2.33. The van der Waals surface area contributed by atoms with E-state index in [0.717, 1.165) is 10.4 Å². The average Bonchev–Trinajstić information content (AvgIpc) is 2.82. The van der Waals surface area contributed by atoms with Crippen molar-refractivity contribution in [2.45, 2.75) is 12.7 Å². The summed E-state index contributed by atoms with van der Waals surface area (Å²) in [5.74, 6) is -0.274. The third-order valence-corrected chi connectivity index (χ3v) is 3.07. The molecule has 0 spiro atoms. The van der Waals surface area contributed by atoms with Crippen LogP contribution in [-0.2, 0) is 16.1 Å². The lowest BCUT2D eigenvalue weighted by Gasteiger charge is -2.08. The number of aliphatic hydroxyl groups excluding tert-OH is 2. The second-order valence-electron chi connectivity index (χ2n) is 3.70. The van der Waals surface area contributed by atoms with Crippen LogP contribution in [0.25, 0.3) is 6.08 Å². The van der Waals surface area contributed by atoms with E-state index in [4.69, 9.17) is 9.84 Å². The Kier molecular flexibility index (Phi) is 6.59. The maximum Gasteiger partial charge on any atom is 0.244 e.